The maximum Gasteiger partial charge on any atom is 0.312 e. The average molecular weight is 380 g/mol. The Kier molecular flexibility index (Phi) is 5.19. The van der Waals surface area contributed by atoms with E-state index in [-0.39, 0.29) is 16.8 Å². The molecule has 1 aromatic carbocycles. The van der Waals surface area contributed by atoms with E-state index in [0.29, 0.717) is 44.5 Å². The number of hydrogen-bond donors (Lipinski definition) is 2. The van der Waals surface area contributed by atoms with Crippen LogP contribution in [0.2, 0.25) is 0 Å². The highest BCUT2D eigenvalue weighted by Gasteiger charge is 2.31. The summed E-state index contributed by atoms with van der Waals surface area (Å²) in [5.74, 6) is 0.0732. The Labute approximate surface area is 153 Å². The Morgan fingerprint density at radius 1 is 1.23 bits per heavy atom. The summed E-state index contributed by atoms with van der Waals surface area (Å²) in [6, 6.07) is 4.36. The van der Waals surface area contributed by atoms with Gasteiger partial charge in [0.15, 0.2) is 0 Å². The second-order valence-electron chi connectivity index (χ2n) is 6.79. The number of amides is 3. The third kappa shape index (κ3) is 3.68. The number of rotatable bonds is 4. The SMILES string of the molecule is Cc1cc(N2CCCC2=O)ccc1S(=O)(=O)N1CCC(NC(N)=O)CC1. The molecule has 3 N–H and O–H groups in total. The zero-order valence-electron chi connectivity index (χ0n) is 14.8. The highest BCUT2D eigenvalue weighted by atomic mass is 32.2. The van der Waals surface area contributed by atoms with Gasteiger partial charge in [0.05, 0.1) is 4.90 Å². The van der Waals surface area contributed by atoms with Crippen molar-refractivity contribution in [2.45, 2.75) is 43.5 Å². The number of nitrogens with one attached hydrogen (secondary N) is 1. The summed E-state index contributed by atoms with van der Waals surface area (Å²) in [7, 11) is -3.61. The Bertz CT molecular complexity index is 816. The van der Waals surface area contributed by atoms with Crippen molar-refractivity contribution in [2.75, 3.05) is 24.5 Å². The summed E-state index contributed by atoms with van der Waals surface area (Å²) in [6.45, 7) is 3.08. The Morgan fingerprint density at radius 3 is 2.46 bits per heavy atom. The number of primary amides is 1. The molecule has 142 valence electrons. The van der Waals surface area contributed by atoms with E-state index in [1.165, 1.54) is 4.31 Å². The first kappa shape index (κ1) is 18.7. The van der Waals surface area contributed by atoms with E-state index in [2.05, 4.69) is 5.32 Å². The Hall–Kier alpha value is -2.13. The number of carbonyl (C=O) groups is 2. The second kappa shape index (κ2) is 7.24. The van der Waals surface area contributed by atoms with Crippen molar-refractivity contribution in [3.05, 3.63) is 23.8 Å². The number of piperidine rings is 1. The minimum absolute atomic E-state index is 0.0732. The number of nitrogens with two attached hydrogens (primary N) is 1. The van der Waals surface area contributed by atoms with Gasteiger partial charge in [0, 0.05) is 37.8 Å². The standard InChI is InChI=1S/C17H24N4O4S/c1-12-11-14(21-8-2-3-16(21)22)4-5-15(12)26(24,25)20-9-6-13(7-10-20)19-17(18)23/h4-5,11,13H,2-3,6-10H2,1H3,(H3,18,19,23). The van der Waals surface area contributed by atoms with Gasteiger partial charge in [0.1, 0.15) is 0 Å². The molecule has 9 heteroatoms. The van der Waals surface area contributed by atoms with Gasteiger partial charge in [-0.1, -0.05) is 0 Å². The molecule has 3 rings (SSSR count). The topological polar surface area (TPSA) is 113 Å². The molecular weight excluding hydrogens is 356 g/mol. The molecule has 2 fully saturated rings. The molecule has 0 unspecified atom stereocenters. The van der Waals surface area contributed by atoms with E-state index in [9.17, 15) is 18.0 Å². The average Bonchev–Trinajstić information content (AvgIpc) is 3.00. The molecule has 2 aliphatic rings. The summed E-state index contributed by atoms with van der Waals surface area (Å²) in [5.41, 5.74) is 6.49. The Morgan fingerprint density at radius 2 is 1.92 bits per heavy atom. The van der Waals surface area contributed by atoms with Crippen molar-refractivity contribution in [3.63, 3.8) is 0 Å². The summed E-state index contributed by atoms with van der Waals surface area (Å²) in [6.07, 6.45) is 2.42. The normalized spacial score (nSPS) is 19.7. The van der Waals surface area contributed by atoms with Crippen LogP contribution in [0.1, 0.15) is 31.2 Å². The maximum atomic E-state index is 13.0. The van der Waals surface area contributed by atoms with Crippen LogP contribution in [0.4, 0.5) is 10.5 Å². The van der Waals surface area contributed by atoms with Crippen molar-refractivity contribution >= 4 is 27.6 Å². The van der Waals surface area contributed by atoms with Gasteiger partial charge in [0.2, 0.25) is 15.9 Å². The van der Waals surface area contributed by atoms with Gasteiger partial charge in [-0.05, 0) is 49.9 Å². The minimum atomic E-state index is -3.61. The molecule has 0 spiro atoms. The second-order valence-corrected chi connectivity index (χ2v) is 8.69. The fourth-order valence-corrected chi connectivity index (χ4v) is 5.27. The molecule has 3 amide bonds. The van der Waals surface area contributed by atoms with Gasteiger partial charge in [-0.3, -0.25) is 4.79 Å². The Balaban J connectivity index is 1.75. The van der Waals surface area contributed by atoms with Gasteiger partial charge in [0.25, 0.3) is 0 Å². The zero-order valence-corrected chi connectivity index (χ0v) is 15.6. The van der Waals surface area contributed by atoms with Crippen LogP contribution in [0.3, 0.4) is 0 Å². The fourth-order valence-electron chi connectivity index (χ4n) is 3.59. The lowest BCUT2D eigenvalue weighted by Crippen LogP contribution is -2.47. The number of hydrogen-bond acceptors (Lipinski definition) is 4. The molecule has 2 saturated heterocycles. The van der Waals surface area contributed by atoms with Crippen LogP contribution in [0, 0.1) is 6.92 Å². The predicted molar refractivity (Wildman–Crippen MR) is 97.3 cm³/mol. The molecular formula is C17H24N4O4S. The minimum Gasteiger partial charge on any atom is -0.352 e. The molecule has 0 aromatic heterocycles. The highest BCUT2D eigenvalue weighted by molar-refractivity contribution is 7.89. The van der Waals surface area contributed by atoms with Crippen LogP contribution in [0.5, 0.6) is 0 Å². The predicted octanol–water partition coefficient (Wildman–Crippen LogP) is 0.943. The van der Waals surface area contributed by atoms with Crippen molar-refractivity contribution < 1.29 is 18.0 Å². The number of carbonyl (C=O) groups excluding carboxylic acids is 2. The number of nitrogens with zero attached hydrogens (tertiary/aromatic N) is 2. The van der Waals surface area contributed by atoms with Crippen LogP contribution in [0.15, 0.2) is 23.1 Å². The van der Waals surface area contributed by atoms with Gasteiger partial charge in [-0.15, -0.1) is 0 Å². The van der Waals surface area contributed by atoms with Crippen LogP contribution >= 0.6 is 0 Å². The smallest absolute Gasteiger partial charge is 0.312 e. The van der Waals surface area contributed by atoms with Crippen LogP contribution < -0.4 is 16.0 Å². The number of aryl methyl sites for hydroxylation is 1. The zero-order chi connectivity index (χ0) is 18.9. The fraction of sp³-hybridized carbons (Fsp3) is 0.529. The molecule has 0 radical (unpaired) electrons. The van der Waals surface area contributed by atoms with E-state index in [4.69, 9.17) is 5.73 Å². The van der Waals surface area contributed by atoms with E-state index < -0.39 is 16.1 Å². The first-order chi connectivity index (χ1) is 12.3. The van der Waals surface area contributed by atoms with Crippen molar-refractivity contribution in [2.24, 2.45) is 5.73 Å². The van der Waals surface area contributed by atoms with E-state index in [0.717, 1.165) is 12.1 Å². The molecule has 8 nitrogen and oxygen atoms in total. The largest absolute Gasteiger partial charge is 0.352 e. The summed E-state index contributed by atoms with van der Waals surface area (Å²) >= 11 is 0. The highest BCUT2D eigenvalue weighted by Crippen LogP contribution is 2.28. The molecule has 26 heavy (non-hydrogen) atoms. The maximum absolute atomic E-state index is 13.0. The quantitative estimate of drug-likeness (QED) is 0.809. The molecule has 0 bridgehead atoms. The van der Waals surface area contributed by atoms with Crippen LogP contribution in [0.25, 0.3) is 0 Å². The number of urea groups is 1. The molecule has 1 aromatic rings. The molecule has 0 atom stereocenters. The third-order valence-electron chi connectivity index (χ3n) is 4.96. The van der Waals surface area contributed by atoms with Crippen LogP contribution in [-0.2, 0) is 14.8 Å². The van der Waals surface area contributed by atoms with Crippen molar-refractivity contribution in [1.82, 2.24) is 9.62 Å². The number of benzene rings is 1. The van der Waals surface area contributed by atoms with Crippen molar-refractivity contribution in [1.29, 1.82) is 0 Å². The molecule has 0 saturated carbocycles. The van der Waals surface area contributed by atoms with Crippen molar-refractivity contribution in [3.8, 4) is 0 Å². The van der Waals surface area contributed by atoms with Gasteiger partial charge >= 0.3 is 6.03 Å². The van der Waals surface area contributed by atoms with Gasteiger partial charge in [-0.2, -0.15) is 4.31 Å². The number of sulfonamides is 1. The third-order valence-corrected chi connectivity index (χ3v) is 7.02. The first-order valence-corrected chi connectivity index (χ1v) is 10.2. The molecule has 2 heterocycles. The lowest BCUT2D eigenvalue weighted by atomic mass is 10.1. The molecule has 2 aliphatic heterocycles. The van der Waals surface area contributed by atoms with Gasteiger partial charge < -0.3 is 16.0 Å². The van der Waals surface area contributed by atoms with E-state index in [1.807, 2.05) is 0 Å². The van der Waals surface area contributed by atoms with E-state index >= 15 is 0 Å². The first-order valence-electron chi connectivity index (χ1n) is 8.76. The van der Waals surface area contributed by atoms with Gasteiger partial charge in [-0.25, -0.2) is 13.2 Å². The monoisotopic (exact) mass is 380 g/mol. The summed E-state index contributed by atoms with van der Waals surface area (Å²) in [5, 5.41) is 2.63. The van der Waals surface area contributed by atoms with Crippen LogP contribution in [-0.4, -0.2) is 50.3 Å². The lowest BCUT2D eigenvalue weighted by Gasteiger charge is -2.31. The summed E-state index contributed by atoms with van der Waals surface area (Å²) in [4.78, 5) is 24.8. The molecule has 0 aliphatic carbocycles. The number of anilines is 1. The lowest BCUT2D eigenvalue weighted by molar-refractivity contribution is -0.117. The summed E-state index contributed by atoms with van der Waals surface area (Å²) < 4.78 is 27.4. The van der Waals surface area contributed by atoms with E-state index in [1.54, 1.807) is 30.0 Å².